The number of ether oxygens (including phenoxy) is 1. The van der Waals surface area contributed by atoms with Crippen molar-refractivity contribution in [3.63, 3.8) is 0 Å². The van der Waals surface area contributed by atoms with E-state index in [-0.39, 0.29) is 24.8 Å². The summed E-state index contributed by atoms with van der Waals surface area (Å²) >= 11 is 12.0. The average molecular weight is 350 g/mol. The Morgan fingerprint density at radius 3 is 2.42 bits per heavy atom. The van der Waals surface area contributed by atoms with Gasteiger partial charge >= 0.3 is 0 Å². The zero-order valence-electron chi connectivity index (χ0n) is 11.0. The minimum Gasteiger partial charge on any atom is -0.495 e. The van der Waals surface area contributed by atoms with Crippen molar-refractivity contribution < 1.29 is 4.74 Å². The number of halogens is 4. The van der Waals surface area contributed by atoms with Crippen molar-refractivity contribution in [1.29, 1.82) is 0 Å². The molecule has 19 heavy (non-hydrogen) atoms. The van der Waals surface area contributed by atoms with Crippen LogP contribution in [0.1, 0.15) is 12.0 Å². The first-order chi connectivity index (χ1) is 8.19. The van der Waals surface area contributed by atoms with Gasteiger partial charge in [-0.15, -0.1) is 24.8 Å². The van der Waals surface area contributed by atoms with Crippen molar-refractivity contribution in [2.75, 3.05) is 27.2 Å². The van der Waals surface area contributed by atoms with Crippen LogP contribution in [0.3, 0.4) is 0 Å². The van der Waals surface area contributed by atoms with Crippen LogP contribution in [0.4, 0.5) is 0 Å². The summed E-state index contributed by atoms with van der Waals surface area (Å²) in [5.74, 6) is 0.692. The lowest BCUT2D eigenvalue weighted by Gasteiger charge is -2.12. The Labute approximate surface area is 137 Å². The molecule has 1 aromatic carbocycles. The molecule has 0 fully saturated rings. The number of benzene rings is 1. The maximum atomic E-state index is 6.05. The molecule has 1 rings (SSSR count). The van der Waals surface area contributed by atoms with Gasteiger partial charge in [0.2, 0.25) is 0 Å². The normalized spacial score (nSPS) is 9.47. The third kappa shape index (κ3) is 7.45. The Morgan fingerprint density at radius 2 is 1.84 bits per heavy atom. The van der Waals surface area contributed by atoms with E-state index in [1.54, 1.807) is 13.2 Å². The van der Waals surface area contributed by atoms with Crippen LogP contribution in [0.2, 0.25) is 10.0 Å². The summed E-state index contributed by atoms with van der Waals surface area (Å²) in [7, 11) is 3.55. The predicted octanol–water partition coefficient (Wildman–Crippen LogP) is 3.54. The standard InChI is InChI=1S/C12H18Cl2N2O.2ClH/c1-15-4-3-5-16-8-9-6-10(13)7-11(14)12(9)17-2;;/h6-7,15-16H,3-5,8H2,1-2H3;2*1H. The van der Waals surface area contributed by atoms with Gasteiger partial charge in [0.25, 0.3) is 0 Å². The summed E-state index contributed by atoms with van der Waals surface area (Å²) < 4.78 is 5.27. The van der Waals surface area contributed by atoms with Gasteiger partial charge in [-0.25, -0.2) is 0 Å². The van der Waals surface area contributed by atoms with Crippen LogP contribution in [0.25, 0.3) is 0 Å². The largest absolute Gasteiger partial charge is 0.495 e. The van der Waals surface area contributed by atoms with Gasteiger partial charge in [-0.3, -0.25) is 0 Å². The molecule has 7 heteroatoms. The van der Waals surface area contributed by atoms with Gasteiger partial charge in [0.05, 0.1) is 12.1 Å². The fraction of sp³-hybridized carbons (Fsp3) is 0.500. The van der Waals surface area contributed by atoms with E-state index in [1.165, 1.54) is 0 Å². The Morgan fingerprint density at radius 1 is 1.16 bits per heavy atom. The number of methoxy groups -OCH3 is 1. The van der Waals surface area contributed by atoms with Gasteiger partial charge < -0.3 is 15.4 Å². The number of nitrogens with one attached hydrogen (secondary N) is 2. The van der Waals surface area contributed by atoms with Gasteiger partial charge in [-0.05, 0) is 38.7 Å². The highest BCUT2D eigenvalue weighted by atomic mass is 35.5. The lowest BCUT2D eigenvalue weighted by atomic mass is 10.2. The fourth-order valence-corrected chi connectivity index (χ4v) is 2.20. The van der Waals surface area contributed by atoms with Crippen LogP contribution in [0, 0.1) is 0 Å². The second-order valence-corrected chi connectivity index (χ2v) is 4.56. The third-order valence-electron chi connectivity index (χ3n) is 2.39. The molecule has 0 aliphatic carbocycles. The molecule has 0 spiro atoms. The predicted molar refractivity (Wildman–Crippen MR) is 87.8 cm³/mol. The molecule has 0 amide bonds. The molecule has 2 N–H and O–H groups in total. The molecule has 0 saturated heterocycles. The maximum Gasteiger partial charge on any atom is 0.142 e. The van der Waals surface area contributed by atoms with E-state index in [2.05, 4.69) is 10.6 Å². The topological polar surface area (TPSA) is 33.3 Å². The third-order valence-corrected chi connectivity index (χ3v) is 2.88. The molecule has 0 aliphatic heterocycles. The summed E-state index contributed by atoms with van der Waals surface area (Å²) in [5.41, 5.74) is 0.981. The smallest absolute Gasteiger partial charge is 0.142 e. The first kappa shape index (κ1) is 21.4. The van der Waals surface area contributed by atoms with Gasteiger partial charge in [-0.2, -0.15) is 0 Å². The lowest BCUT2D eigenvalue weighted by Crippen LogP contribution is -2.19. The number of hydrogen-bond acceptors (Lipinski definition) is 3. The molecule has 0 bridgehead atoms. The van der Waals surface area contributed by atoms with Crippen molar-refractivity contribution in [2.45, 2.75) is 13.0 Å². The van der Waals surface area contributed by atoms with Crippen LogP contribution in [0.15, 0.2) is 12.1 Å². The Bertz CT molecular complexity index is 364. The molecule has 1 aromatic rings. The molecule has 0 aromatic heterocycles. The van der Waals surface area contributed by atoms with Gasteiger partial charge in [0, 0.05) is 17.1 Å². The molecule has 112 valence electrons. The van der Waals surface area contributed by atoms with Crippen molar-refractivity contribution in [1.82, 2.24) is 10.6 Å². The molecule has 3 nitrogen and oxygen atoms in total. The van der Waals surface area contributed by atoms with Crippen molar-refractivity contribution in [3.05, 3.63) is 27.7 Å². The van der Waals surface area contributed by atoms with Crippen LogP contribution in [-0.4, -0.2) is 27.2 Å². The van der Waals surface area contributed by atoms with Gasteiger partial charge in [0.15, 0.2) is 0 Å². The molecular weight excluding hydrogens is 330 g/mol. The Kier molecular flexibility index (Phi) is 13.4. The zero-order chi connectivity index (χ0) is 12.7. The monoisotopic (exact) mass is 348 g/mol. The summed E-state index contributed by atoms with van der Waals surface area (Å²) in [6.45, 7) is 2.64. The van der Waals surface area contributed by atoms with Crippen molar-refractivity contribution >= 4 is 48.0 Å². The summed E-state index contributed by atoms with van der Waals surface area (Å²) in [6, 6.07) is 3.56. The van der Waals surface area contributed by atoms with E-state index < -0.39 is 0 Å². The highest BCUT2D eigenvalue weighted by molar-refractivity contribution is 6.35. The van der Waals surface area contributed by atoms with E-state index in [4.69, 9.17) is 27.9 Å². The van der Waals surface area contributed by atoms with E-state index in [0.29, 0.717) is 22.3 Å². The minimum absolute atomic E-state index is 0. The number of rotatable bonds is 7. The number of hydrogen-bond donors (Lipinski definition) is 2. The van der Waals surface area contributed by atoms with E-state index in [0.717, 1.165) is 25.1 Å². The zero-order valence-corrected chi connectivity index (χ0v) is 14.1. The van der Waals surface area contributed by atoms with Crippen LogP contribution in [0.5, 0.6) is 5.75 Å². The lowest BCUT2D eigenvalue weighted by molar-refractivity contribution is 0.408. The van der Waals surface area contributed by atoms with Crippen LogP contribution >= 0.6 is 48.0 Å². The molecule has 0 atom stereocenters. The van der Waals surface area contributed by atoms with Crippen LogP contribution in [-0.2, 0) is 6.54 Å². The van der Waals surface area contributed by atoms with E-state index in [9.17, 15) is 0 Å². The molecule has 0 saturated carbocycles. The van der Waals surface area contributed by atoms with E-state index in [1.807, 2.05) is 13.1 Å². The SMILES string of the molecule is CNCCCNCc1cc(Cl)cc(Cl)c1OC.Cl.Cl. The average Bonchev–Trinajstić information content (AvgIpc) is 2.28. The van der Waals surface area contributed by atoms with E-state index >= 15 is 0 Å². The maximum absolute atomic E-state index is 6.05. The van der Waals surface area contributed by atoms with Gasteiger partial charge in [0.1, 0.15) is 5.75 Å². The summed E-state index contributed by atoms with van der Waals surface area (Å²) in [6.07, 6.45) is 1.08. The highest BCUT2D eigenvalue weighted by Crippen LogP contribution is 2.31. The molecule has 0 unspecified atom stereocenters. The minimum atomic E-state index is 0. The van der Waals surface area contributed by atoms with Crippen molar-refractivity contribution in [3.8, 4) is 5.75 Å². The molecule has 0 radical (unpaired) electrons. The Hall–Kier alpha value is 0.1000. The second kappa shape index (κ2) is 11.9. The van der Waals surface area contributed by atoms with Gasteiger partial charge in [-0.1, -0.05) is 23.2 Å². The first-order valence-electron chi connectivity index (χ1n) is 5.56. The Balaban J connectivity index is 0. The molecule has 0 heterocycles. The summed E-state index contributed by atoms with van der Waals surface area (Å²) in [5, 5.41) is 7.60. The quantitative estimate of drug-likeness (QED) is 0.738. The van der Waals surface area contributed by atoms with Crippen molar-refractivity contribution in [2.24, 2.45) is 0 Å². The van der Waals surface area contributed by atoms with Crippen LogP contribution < -0.4 is 15.4 Å². The molecular formula is C12H20Cl4N2O. The highest BCUT2D eigenvalue weighted by Gasteiger charge is 2.09. The fourth-order valence-electron chi connectivity index (χ4n) is 1.59. The first-order valence-corrected chi connectivity index (χ1v) is 6.32. The second-order valence-electron chi connectivity index (χ2n) is 3.71. The molecule has 0 aliphatic rings. The summed E-state index contributed by atoms with van der Waals surface area (Å²) in [4.78, 5) is 0.